The number of rotatable bonds is 6. The molecule has 1 aliphatic heterocycles. The fourth-order valence-corrected chi connectivity index (χ4v) is 6.63. The number of hydrogen-bond donors (Lipinski definition) is 0. The maximum Gasteiger partial charge on any atom is 0.356 e. The number of halogens is 1. The first-order valence-electron chi connectivity index (χ1n) is 14.0. The van der Waals surface area contributed by atoms with Gasteiger partial charge in [-0.2, -0.15) is 4.98 Å². The van der Waals surface area contributed by atoms with Gasteiger partial charge in [-0.25, -0.2) is 23.7 Å². The van der Waals surface area contributed by atoms with Crippen LogP contribution in [-0.4, -0.2) is 71.2 Å². The summed E-state index contributed by atoms with van der Waals surface area (Å²) in [6, 6.07) is 8.56. The van der Waals surface area contributed by atoms with Gasteiger partial charge in [-0.15, -0.1) is 16.7 Å². The van der Waals surface area contributed by atoms with Crippen LogP contribution in [-0.2, 0) is 4.79 Å². The number of fused-ring (bicyclic) bond motifs is 1. The molecule has 42 heavy (non-hydrogen) atoms. The van der Waals surface area contributed by atoms with Crippen molar-refractivity contribution in [2.75, 3.05) is 18.0 Å². The Bertz CT molecular complexity index is 1770. The third kappa shape index (κ3) is 5.31. The van der Waals surface area contributed by atoms with E-state index in [1.807, 2.05) is 78.6 Å². The number of carbonyl (C=O) groups excluding carboxylic acids is 1. The van der Waals surface area contributed by atoms with E-state index in [-0.39, 0.29) is 29.6 Å². The molecule has 0 N–H and O–H groups in total. The molecule has 0 radical (unpaired) electrons. The van der Waals surface area contributed by atoms with Gasteiger partial charge in [-0.3, -0.25) is 4.79 Å². The van der Waals surface area contributed by atoms with Gasteiger partial charge in [0.1, 0.15) is 38.0 Å². The van der Waals surface area contributed by atoms with Crippen molar-refractivity contribution in [1.29, 1.82) is 0 Å². The van der Waals surface area contributed by atoms with Crippen LogP contribution in [0, 0.1) is 5.82 Å². The summed E-state index contributed by atoms with van der Waals surface area (Å²) in [5.41, 5.74) is 3.84. The average molecular weight is 582 g/mol. The molecule has 3 aromatic heterocycles. The molecular weight excluding hydrogens is 549 g/mol. The number of pyridine rings is 1. The molecule has 0 bridgehead atoms. The second-order valence-corrected chi connectivity index (χ2v) is 12.1. The predicted octanol–water partition coefficient (Wildman–Crippen LogP) is 3.34. The monoisotopic (exact) mass is 582 g/mol. The Labute approximate surface area is 250 Å². The smallest absolute Gasteiger partial charge is 0.347 e. The first-order chi connectivity index (χ1) is 20.0. The van der Waals surface area contributed by atoms with Crippen molar-refractivity contribution in [3.63, 3.8) is 0 Å². The minimum absolute atomic E-state index is 0.0432. The molecule has 2 atom stereocenters. The molecule has 214 valence electrons. The number of aromatic nitrogens is 4. The van der Waals surface area contributed by atoms with Crippen LogP contribution in [0.4, 0.5) is 10.2 Å². The summed E-state index contributed by atoms with van der Waals surface area (Å²) >= 11 is 1.33. The van der Waals surface area contributed by atoms with Gasteiger partial charge in [-0.05, 0) is 37.5 Å². The molecule has 0 spiro atoms. The molecule has 0 saturated carbocycles. The topological polar surface area (TPSA) is 84.2 Å². The average Bonchev–Trinajstić information content (AvgIpc) is 3.42. The molecule has 5 rings (SSSR count). The molecule has 1 aliphatic rings. The number of hydrogen-bond acceptors (Lipinski definition) is 7. The Morgan fingerprint density at radius 2 is 1.86 bits per heavy atom. The van der Waals surface area contributed by atoms with E-state index in [1.165, 1.54) is 28.0 Å². The van der Waals surface area contributed by atoms with Gasteiger partial charge in [0.05, 0.1) is 16.6 Å². The lowest BCUT2D eigenvalue weighted by atomic mass is 9.77. The van der Waals surface area contributed by atoms with E-state index in [0.717, 1.165) is 16.6 Å². The number of carbonyl (C=O) groups is 1. The minimum Gasteiger partial charge on any atom is -0.347 e. The van der Waals surface area contributed by atoms with Crippen LogP contribution >= 0.6 is 11.3 Å². The molecular formula is C30H33B2FN6O2S. The standard InChI is InChI=1S/C30H33B2FN6O2S/c1-6-24(40)37-13-17(4)38(18(5)14-37)28-21-12-22(33)26(20-10-8-7-9-19(20)11-23(31)32)35-27(21)39(30(41)36-28)29-25(16(2)3)34-15-42-29/h6-12,15-18H,1,13-14,31-32H2,2-5H3/t17-,18-/m0/s1. The van der Waals surface area contributed by atoms with Gasteiger partial charge < -0.3 is 9.80 Å². The molecule has 0 aliphatic carbocycles. The number of amides is 1. The summed E-state index contributed by atoms with van der Waals surface area (Å²) in [6.45, 7) is 12.4. The van der Waals surface area contributed by atoms with Crippen LogP contribution < -0.4 is 10.6 Å². The molecule has 1 saturated heterocycles. The number of nitrogens with zero attached hydrogens (tertiary/aromatic N) is 6. The second-order valence-electron chi connectivity index (χ2n) is 11.3. The fourth-order valence-electron chi connectivity index (χ4n) is 5.69. The Morgan fingerprint density at radius 1 is 1.17 bits per heavy atom. The maximum absolute atomic E-state index is 16.2. The van der Waals surface area contributed by atoms with Gasteiger partial charge in [0, 0.05) is 30.7 Å². The summed E-state index contributed by atoms with van der Waals surface area (Å²) in [7, 11) is 3.97. The van der Waals surface area contributed by atoms with E-state index in [9.17, 15) is 9.59 Å². The van der Waals surface area contributed by atoms with E-state index in [0.29, 0.717) is 40.5 Å². The van der Waals surface area contributed by atoms with Gasteiger partial charge in [-0.1, -0.05) is 50.8 Å². The Kier molecular flexibility index (Phi) is 8.19. The third-order valence-corrected chi connectivity index (χ3v) is 8.26. The lowest BCUT2D eigenvalue weighted by Gasteiger charge is -2.45. The van der Waals surface area contributed by atoms with Crippen LogP contribution in [0.25, 0.3) is 33.4 Å². The summed E-state index contributed by atoms with van der Waals surface area (Å²) in [4.78, 5) is 44.0. The Morgan fingerprint density at radius 3 is 2.50 bits per heavy atom. The highest BCUT2D eigenvalue weighted by atomic mass is 32.1. The zero-order valence-corrected chi connectivity index (χ0v) is 25.6. The normalized spacial score (nSPS) is 17.1. The highest BCUT2D eigenvalue weighted by molar-refractivity contribution is 7.12. The molecule has 1 fully saturated rings. The minimum atomic E-state index is -0.518. The van der Waals surface area contributed by atoms with Crippen LogP contribution in [0.1, 0.15) is 44.9 Å². The molecule has 1 aromatic carbocycles. The Hall–Kier alpha value is -4.05. The first kappa shape index (κ1) is 29.4. The summed E-state index contributed by atoms with van der Waals surface area (Å²) in [5, 5.41) is 2.10. The first-order valence-corrected chi connectivity index (χ1v) is 14.9. The fraction of sp³-hybridized carbons (Fsp3) is 0.300. The summed E-state index contributed by atoms with van der Waals surface area (Å²) in [6.07, 6.45) is 3.29. The second kappa shape index (κ2) is 11.7. The van der Waals surface area contributed by atoms with E-state index < -0.39 is 11.5 Å². The molecule has 4 heterocycles. The largest absolute Gasteiger partial charge is 0.356 e. The van der Waals surface area contributed by atoms with Crippen LogP contribution in [0.2, 0.25) is 0 Å². The van der Waals surface area contributed by atoms with E-state index in [2.05, 4.69) is 16.5 Å². The zero-order valence-electron chi connectivity index (χ0n) is 24.8. The van der Waals surface area contributed by atoms with Gasteiger partial charge in [0.25, 0.3) is 0 Å². The van der Waals surface area contributed by atoms with Crippen LogP contribution in [0.15, 0.2) is 58.7 Å². The van der Waals surface area contributed by atoms with Crippen molar-refractivity contribution in [2.45, 2.75) is 45.7 Å². The van der Waals surface area contributed by atoms with Crippen molar-refractivity contribution >= 4 is 55.9 Å². The molecule has 1 amide bonds. The zero-order chi connectivity index (χ0) is 30.3. The highest BCUT2D eigenvalue weighted by Crippen LogP contribution is 2.35. The molecule has 12 heteroatoms. The molecule has 8 nitrogen and oxygen atoms in total. The van der Waals surface area contributed by atoms with Gasteiger partial charge in [0.2, 0.25) is 5.91 Å². The lowest BCUT2D eigenvalue weighted by molar-refractivity contribution is -0.127. The van der Waals surface area contributed by atoms with Crippen molar-refractivity contribution in [3.05, 3.63) is 81.4 Å². The summed E-state index contributed by atoms with van der Waals surface area (Å²) in [5.74, 6) is -0.273. The quantitative estimate of drug-likeness (QED) is 0.256. The maximum atomic E-state index is 16.2. The third-order valence-electron chi connectivity index (χ3n) is 7.44. The van der Waals surface area contributed by atoms with E-state index in [4.69, 9.17) is 4.98 Å². The van der Waals surface area contributed by atoms with Gasteiger partial charge in [0.15, 0.2) is 5.65 Å². The van der Waals surface area contributed by atoms with E-state index in [1.54, 1.807) is 10.4 Å². The van der Waals surface area contributed by atoms with Crippen LogP contribution in [0.5, 0.6) is 0 Å². The van der Waals surface area contributed by atoms with Crippen molar-refractivity contribution < 1.29 is 9.18 Å². The molecule has 4 aromatic rings. The number of benzene rings is 1. The van der Waals surface area contributed by atoms with Crippen molar-refractivity contribution in [1.82, 2.24) is 24.4 Å². The Balaban J connectivity index is 1.81. The SMILES string of the molecule is BC(B)=Cc1ccccc1-c1nc2c(cc1F)c(N1[C@@H](C)CN(C(=O)C=C)C[C@@H]1C)nc(=O)n2-c1scnc1C(C)C. The number of thiazole rings is 1. The van der Waals surface area contributed by atoms with Crippen LogP contribution in [0.3, 0.4) is 0 Å². The highest BCUT2D eigenvalue weighted by Gasteiger charge is 2.34. The van der Waals surface area contributed by atoms with Crippen molar-refractivity contribution in [2.24, 2.45) is 0 Å². The van der Waals surface area contributed by atoms with Gasteiger partial charge >= 0.3 is 5.69 Å². The molecule has 0 unspecified atom stereocenters. The number of piperazine rings is 1. The summed E-state index contributed by atoms with van der Waals surface area (Å²) < 4.78 is 17.6. The lowest BCUT2D eigenvalue weighted by Crippen LogP contribution is -2.58. The van der Waals surface area contributed by atoms with E-state index >= 15 is 4.39 Å². The predicted molar refractivity (Wildman–Crippen MR) is 174 cm³/mol. The number of anilines is 1. The van der Waals surface area contributed by atoms with Crippen molar-refractivity contribution in [3.8, 4) is 16.3 Å².